The van der Waals surface area contributed by atoms with Gasteiger partial charge in [0.05, 0.1) is 0 Å². The predicted octanol–water partition coefficient (Wildman–Crippen LogP) is 1.09. The van der Waals surface area contributed by atoms with Crippen LogP contribution >= 0.6 is 11.3 Å². The van der Waals surface area contributed by atoms with Crippen LogP contribution in [0.5, 0.6) is 0 Å². The molecular formula is C9H11F3N2O3S2. The van der Waals surface area contributed by atoms with Crippen LogP contribution in [0.4, 0.5) is 13.2 Å². The number of sulfonamides is 1. The van der Waals surface area contributed by atoms with E-state index in [0.717, 1.165) is 11.3 Å². The molecule has 5 nitrogen and oxygen atoms in total. The highest BCUT2D eigenvalue weighted by atomic mass is 32.2. The van der Waals surface area contributed by atoms with E-state index in [1.165, 1.54) is 6.07 Å². The van der Waals surface area contributed by atoms with Crippen molar-refractivity contribution in [1.82, 2.24) is 10.0 Å². The molecule has 1 rings (SSSR count). The van der Waals surface area contributed by atoms with Gasteiger partial charge in [0.2, 0.25) is 15.9 Å². The molecule has 0 atom stereocenters. The zero-order chi connectivity index (χ0) is 14.5. The van der Waals surface area contributed by atoms with Gasteiger partial charge in [-0.2, -0.15) is 13.2 Å². The van der Waals surface area contributed by atoms with Gasteiger partial charge in [-0.25, -0.2) is 13.1 Å². The first kappa shape index (κ1) is 15.9. The van der Waals surface area contributed by atoms with Gasteiger partial charge in [0.15, 0.2) is 0 Å². The van der Waals surface area contributed by atoms with Crippen molar-refractivity contribution in [2.45, 2.75) is 16.8 Å². The second kappa shape index (κ2) is 6.35. The number of alkyl halides is 3. The van der Waals surface area contributed by atoms with Crippen LogP contribution in [0.1, 0.15) is 6.42 Å². The Morgan fingerprint density at radius 1 is 1.37 bits per heavy atom. The summed E-state index contributed by atoms with van der Waals surface area (Å²) in [5.41, 5.74) is 0. The minimum Gasteiger partial charge on any atom is -0.347 e. The summed E-state index contributed by atoms with van der Waals surface area (Å²) in [5, 5.41) is 3.22. The number of hydrogen-bond acceptors (Lipinski definition) is 4. The number of amides is 1. The normalized spacial score (nSPS) is 12.4. The third-order valence-corrected chi connectivity index (χ3v) is 4.75. The molecule has 1 amide bonds. The summed E-state index contributed by atoms with van der Waals surface area (Å²) in [5.74, 6) is -0.869. The highest BCUT2D eigenvalue weighted by Gasteiger charge is 2.27. The fraction of sp³-hybridized carbons (Fsp3) is 0.444. The van der Waals surface area contributed by atoms with Crippen molar-refractivity contribution in [3.63, 3.8) is 0 Å². The summed E-state index contributed by atoms with van der Waals surface area (Å²) in [6.07, 6.45) is -4.84. The smallest absolute Gasteiger partial charge is 0.347 e. The Morgan fingerprint density at radius 3 is 2.58 bits per heavy atom. The number of halogens is 3. The highest BCUT2D eigenvalue weighted by molar-refractivity contribution is 7.91. The molecule has 0 unspecified atom stereocenters. The molecule has 0 aliphatic rings. The van der Waals surface area contributed by atoms with E-state index in [1.54, 1.807) is 16.8 Å². The van der Waals surface area contributed by atoms with E-state index in [1.807, 2.05) is 0 Å². The molecule has 0 saturated heterocycles. The van der Waals surface area contributed by atoms with Crippen molar-refractivity contribution < 1.29 is 26.4 Å². The molecule has 108 valence electrons. The second-order valence-corrected chi connectivity index (χ2v) is 6.41. The van der Waals surface area contributed by atoms with Gasteiger partial charge < -0.3 is 5.32 Å². The van der Waals surface area contributed by atoms with Gasteiger partial charge in [-0.05, 0) is 11.4 Å². The Balaban J connectivity index is 2.33. The van der Waals surface area contributed by atoms with Crippen molar-refractivity contribution in [2.24, 2.45) is 0 Å². The maximum Gasteiger partial charge on any atom is 0.405 e. The van der Waals surface area contributed by atoms with Crippen LogP contribution in [0.25, 0.3) is 0 Å². The Hall–Kier alpha value is -1.13. The third-order valence-electron chi connectivity index (χ3n) is 1.89. The monoisotopic (exact) mass is 316 g/mol. The molecule has 0 aliphatic carbocycles. The van der Waals surface area contributed by atoms with Gasteiger partial charge in [-0.1, -0.05) is 6.07 Å². The summed E-state index contributed by atoms with van der Waals surface area (Å²) >= 11 is 1.00. The molecule has 0 radical (unpaired) electrons. The molecule has 0 fully saturated rings. The summed E-state index contributed by atoms with van der Waals surface area (Å²) in [6, 6.07) is 2.94. The summed E-state index contributed by atoms with van der Waals surface area (Å²) in [7, 11) is -3.69. The SMILES string of the molecule is O=C(CCNS(=O)(=O)c1cccs1)NCC(F)(F)F. The third kappa shape index (κ3) is 6.03. The Labute approximate surface area is 111 Å². The van der Waals surface area contributed by atoms with E-state index >= 15 is 0 Å². The first-order chi connectivity index (χ1) is 8.71. The number of nitrogens with one attached hydrogen (secondary N) is 2. The first-order valence-electron chi connectivity index (χ1n) is 5.07. The highest BCUT2D eigenvalue weighted by Crippen LogP contribution is 2.15. The topological polar surface area (TPSA) is 75.3 Å². The molecule has 0 spiro atoms. The maximum absolute atomic E-state index is 11.8. The molecule has 0 bridgehead atoms. The van der Waals surface area contributed by atoms with Crippen molar-refractivity contribution in [3.8, 4) is 0 Å². The lowest BCUT2D eigenvalue weighted by molar-refractivity contribution is -0.138. The second-order valence-electron chi connectivity index (χ2n) is 3.47. The van der Waals surface area contributed by atoms with Crippen molar-refractivity contribution in [3.05, 3.63) is 17.5 Å². The number of carbonyl (C=O) groups excluding carboxylic acids is 1. The van der Waals surface area contributed by atoms with Gasteiger partial charge in [-0.3, -0.25) is 4.79 Å². The van der Waals surface area contributed by atoms with Crippen LogP contribution in [0.2, 0.25) is 0 Å². The lowest BCUT2D eigenvalue weighted by atomic mass is 10.4. The molecule has 1 aromatic heterocycles. The summed E-state index contributed by atoms with van der Waals surface area (Å²) in [4.78, 5) is 11.0. The van der Waals surface area contributed by atoms with E-state index in [4.69, 9.17) is 0 Å². The minimum absolute atomic E-state index is 0.0863. The van der Waals surface area contributed by atoms with Crippen LogP contribution in [0, 0.1) is 0 Å². The fourth-order valence-electron chi connectivity index (χ4n) is 1.07. The number of carbonyl (C=O) groups is 1. The van der Waals surface area contributed by atoms with Crippen LogP contribution < -0.4 is 10.0 Å². The van der Waals surface area contributed by atoms with Crippen LogP contribution in [-0.4, -0.2) is 33.6 Å². The molecule has 1 aromatic rings. The van der Waals surface area contributed by atoms with Gasteiger partial charge in [0.25, 0.3) is 0 Å². The summed E-state index contributed by atoms with van der Waals surface area (Å²) < 4.78 is 60.7. The van der Waals surface area contributed by atoms with Gasteiger partial charge in [0.1, 0.15) is 10.8 Å². The van der Waals surface area contributed by atoms with Gasteiger partial charge in [-0.15, -0.1) is 11.3 Å². The molecule has 19 heavy (non-hydrogen) atoms. The van der Waals surface area contributed by atoms with Crippen LogP contribution in [0.15, 0.2) is 21.7 Å². The van der Waals surface area contributed by atoms with E-state index in [9.17, 15) is 26.4 Å². The van der Waals surface area contributed by atoms with Crippen molar-refractivity contribution in [2.75, 3.05) is 13.1 Å². The zero-order valence-electron chi connectivity index (χ0n) is 9.53. The number of rotatable bonds is 6. The molecule has 2 N–H and O–H groups in total. The Bertz CT molecular complexity index is 511. The Kier molecular flexibility index (Phi) is 5.32. The largest absolute Gasteiger partial charge is 0.405 e. The summed E-state index contributed by atoms with van der Waals surface area (Å²) in [6.45, 7) is -1.69. The lowest BCUT2D eigenvalue weighted by Crippen LogP contribution is -2.36. The molecular weight excluding hydrogens is 305 g/mol. The van der Waals surface area contributed by atoms with Gasteiger partial charge >= 0.3 is 6.18 Å². The average molecular weight is 316 g/mol. The van der Waals surface area contributed by atoms with E-state index in [-0.39, 0.29) is 17.2 Å². The lowest BCUT2D eigenvalue weighted by Gasteiger charge is -2.08. The zero-order valence-corrected chi connectivity index (χ0v) is 11.2. The van der Waals surface area contributed by atoms with E-state index in [2.05, 4.69) is 4.72 Å². The number of hydrogen-bond donors (Lipinski definition) is 2. The minimum atomic E-state index is -4.48. The van der Waals surface area contributed by atoms with Crippen LogP contribution in [0.3, 0.4) is 0 Å². The van der Waals surface area contributed by atoms with Gasteiger partial charge in [0, 0.05) is 13.0 Å². The molecule has 0 aliphatic heterocycles. The molecule has 0 saturated carbocycles. The average Bonchev–Trinajstić information content (AvgIpc) is 2.79. The molecule has 1 heterocycles. The first-order valence-corrected chi connectivity index (χ1v) is 7.43. The van der Waals surface area contributed by atoms with Crippen molar-refractivity contribution in [1.29, 1.82) is 0 Å². The standard InChI is InChI=1S/C9H11F3N2O3S2/c10-9(11,12)6-13-7(15)3-4-14-19(16,17)8-2-1-5-18-8/h1-2,5,14H,3-4,6H2,(H,13,15). The number of thiophene rings is 1. The molecule has 0 aromatic carbocycles. The predicted molar refractivity (Wildman–Crippen MR) is 63.2 cm³/mol. The molecule has 10 heteroatoms. The maximum atomic E-state index is 11.8. The van der Waals surface area contributed by atoms with E-state index in [0.29, 0.717) is 0 Å². The quantitative estimate of drug-likeness (QED) is 0.825. The van der Waals surface area contributed by atoms with Crippen LogP contribution in [-0.2, 0) is 14.8 Å². The Morgan fingerprint density at radius 2 is 2.05 bits per heavy atom. The van der Waals surface area contributed by atoms with Crippen molar-refractivity contribution >= 4 is 27.3 Å². The van der Waals surface area contributed by atoms with E-state index < -0.39 is 28.7 Å². The fourth-order valence-corrected chi connectivity index (χ4v) is 3.14.